The number of alkyl halides is 3. The lowest BCUT2D eigenvalue weighted by Gasteiger charge is -2.11. The first-order valence-corrected chi connectivity index (χ1v) is 7.78. The van der Waals surface area contributed by atoms with Crippen LogP contribution in [0.5, 0.6) is 0 Å². The zero-order valence-corrected chi connectivity index (χ0v) is 13.8. The van der Waals surface area contributed by atoms with E-state index in [2.05, 4.69) is 20.8 Å². The summed E-state index contributed by atoms with van der Waals surface area (Å²) in [6.45, 7) is 8.40. The van der Waals surface area contributed by atoms with Gasteiger partial charge in [-0.1, -0.05) is 57.0 Å². The van der Waals surface area contributed by atoms with E-state index in [1.165, 1.54) is 17.7 Å². The van der Waals surface area contributed by atoms with E-state index in [1.807, 2.05) is 19.1 Å². The van der Waals surface area contributed by atoms with Crippen molar-refractivity contribution in [1.82, 2.24) is 0 Å². The van der Waals surface area contributed by atoms with Crippen molar-refractivity contribution in [2.45, 2.75) is 53.1 Å². The van der Waals surface area contributed by atoms with Gasteiger partial charge in [-0.05, 0) is 49.0 Å². The van der Waals surface area contributed by atoms with Crippen LogP contribution in [-0.2, 0) is 6.18 Å². The summed E-state index contributed by atoms with van der Waals surface area (Å²) in [4.78, 5) is 0. The van der Waals surface area contributed by atoms with E-state index >= 15 is 0 Å². The molecular weight excluding hydrogens is 285 g/mol. The molecular formula is C19H25F3. The molecule has 22 heavy (non-hydrogen) atoms. The third-order valence-electron chi connectivity index (χ3n) is 3.38. The quantitative estimate of drug-likeness (QED) is 0.502. The monoisotopic (exact) mass is 310 g/mol. The standard InChI is InChI=1S/C19H25F3/c1-5-7-16(11-10-15(4)12-14(2)3)17-8-6-9-18(13-17)19(20,21)22/h6,8-11,13-14H,5,7,12H2,1-4H3/b15-10+,16-11+. The highest BCUT2D eigenvalue weighted by molar-refractivity contribution is 5.67. The van der Waals surface area contributed by atoms with Gasteiger partial charge in [0.05, 0.1) is 5.56 Å². The molecule has 0 spiro atoms. The number of allylic oxidation sites excluding steroid dienone is 4. The predicted molar refractivity (Wildman–Crippen MR) is 87.5 cm³/mol. The van der Waals surface area contributed by atoms with Gasteiger partial charge in [-0.2, -0.15) is 13.2 Å². The first-order chi connectivity index (χ1) is 10.2. The maximum absolute atomic E-state index is 12.8. The van der Waals surface area contributed by atoms with Crippen molar-refractivity contribution in [3.63, 3.8) is 0 Å². The smallest absolute Gasteiger partial charge is 0.166 e. The summed E-state index contributed by atoms with van der Waals surface area (Å²) >= 11 is 0. The molecule has 1 rings (SSSR count). The Bertz CT molecular complexity index is 534. The third kappa shape index (κ3) is 6.08. The van der Waals surface area contributed by atoms with Crippen molar-refractivity contribution >= 4 is 5.57 Å². The molecule has 0 heterocycles. The van der Waals surface area contributed by atoms with E-state index in [0.717, 1.165) is 30.9 Å². The van der Waals surface area contributed by atoms with Crippen molar-refractivity contribution in [3.05, 3.63) is 53.1 Å². The van der Waals surface area contributed by atoms with Crippen LogP contribution < -0.4 is 0 Å². The fraction of sp³-hybridized carbons (Fsp3) is 0.474. The Balaban J connectivity index is 3.10. The minimum Gasteiger partial charge on any atom is -0.166 e. The van der Waals surface area contributed by atoms with Gasteiger partial charge in [0, 0.05) is 0 Å². The van der Waals surface area contributed by atoms with E-state index in [1.54, 1.807) is 6.07 Å². The van der Waals surface area contributed by atoms with Crippen LogP contribution in [0.25, 0.3) is 5.57 Å². The first-order valence-electron chi connectivity index (χ1n) is 7.78. The largest absolute Gasteiger partial charge is 0.416 e. The summed E-state index contributed by atoms with van der Waals surface area (Å²) < 4.78 is 38.5. The Labute approximate surface area is 131 Å². The minimum absolute atomic E-state index is 0.577. The van der Waals surface area contributed by atoms with Gasteiger partial charge >= 0.3 is 6.18 Å². The molecule has 1 aromatic rings. The van der Waals surface area contributed by atoms with Crippen LogP contribution >= 0.6 is 0 Å². The highest BCUT2D eigenvalue weighted by Gasteiger charge is 2.30. The lowest BCUT2D eigenvalue weighted by atomic mass is 9.97. The summed E-state index contributed by atoms with van der Waals surface area (Å²) in [5.41, 5.74) is 2.27. The minimum atomic E-state index is -4.29. The molecule has 0 aliphatic rings. The van der Waals surface area contributed by atoms with E-state index in [4.69, 9.17) is 0 Å². The molecule has 0 radical (unpaired) electrons. The number of benzene rings is 1. The molecule has 0 atom stereocenters. The van der Waals surface area contributed by atoms with E-state index in [9.17, 15) is 13.2 Å². The molecule has 0 bridgehead atoms. The van der Waals surface area contributed by atoms with Crippen LogP contribution in [0.4, 0.5) is 13.2 Å². The SMILES string of the molecule is CCC/C(=C\C=C(/C)CC(C)C)c1cccc(C(F)(F)F)c1. The van der Waals surface area contributed by atoms with E-state index in [0.29, 0.717) is 11.5 Å². The van der Waals surface area contributed by atoms with Crippen molar-refractivity contribution in [1.29, 1.82) is 0 Å². The number of hydrogen-bond donors (Lipinski definition) is 0. The molecule has 0 aromatic heterocycles. The first kappa shape index (κ1) is 18.5. The third-order valence-corrected chi connectivity index (χ3v) is 3.38. The predicted octanol–water partition coefficient (Wildman–Crippen LogP) is 6.88. The van der Waals surface area contributed by atoms with Crippen LogP contribution in [0, 0.1) is 5.92 Å². The molecule has 0 saturated carbocycles. The van der Waals surface area contributed by atoms with E-state index in [-0.39, 0.29) is 0 Å². The van der Waals surface area contributed by atoms with Gasteiger partial charge in [0.15, 0.2) is 0 Å². The fourth-order valence-electron chi connectivity index (χ4n) is 2.44. The van der Waals surface area contributed by atoms with Crippen LogP contribution in [0.3, 0.4) is 0 Å². The molecule has 3 heteroatoms. The zero-order chi connectivity index (χ0) is 16.8. The average Bonchev–Trinajstić information content (AvgIpc) is 2.42. The maximum atomic E-state index is 12.8. The lowest BCUT2D eigenvalue weighted by Crippen LogP contribution is -2.05. The Morgan fingerprint density at radius 2 is 1.86 bits per heavy atom. The van der Waals surface area contributed by atoms with Crippen molar-refractivity contribution in [2.75, 3.05) is 0 Å². The van der Waals surface area contributed by atoms with Crippen molar-refractivity contribution in [2.24, 2.45) is 5.92 Å². The highest BCUT2D eigenvalue weighted by Crippen LogP contribution is 2.32. The van der Waals surface area contributed by atoms with Gasteiger partial charge in [-0.3, -0.25) is 0 Å². The van der Waals surface area contributed by atoms with Gasteiger partial charge in [0.2, 0.25) is 0 Å². The van der Waals surface area contributed by atoms with Crippen LogP contribution in [0.2, 0.25) is 0 Å². The molecule has 0 saturated heterocycles. The molecule has 122 valence electrons. The topological polar surface area (TPSA) is 0 Å². The average molecular weight is 310 g/mol. The summed E-state index contributed by atoms with van der Waals surface area (Å²) in [7, 11) is 0. The summed E-state index contributed by atoms with van der Waals surface area (Å²) in [6.07, 6.45) is 2.38. The zero-order valence-electron chi connectivity index (χ0n) is 13.8. The van der Waals surface area contributed by atoms with Crippen molar-refractivity contribution < 1.29 is 13.2 Å². The Morgan fingerprint density at radius 1 is 1.18 bits per heavy atom. The summed E-state index contributed by atoms with van der Waals surface area (Å²) in [5.74, 6) is 0.577. The summed E-state index contributed by atoms with van der Waals surface area (Å²) in [5, 5.41) is 0. The second kappa shape index (κ2) is 8.21. The highest BCUT2D eigenvalue weighted by atomic mass is 19.4. The maximum Gasteiger partial charge on any atom is 0.416 e. The van der Waals surface area contributed by atoms with Gasteiger partial charge in [-0.25, -0.2) is 0 Å². The molecule has 0 aliphatic carbocycles. The van der Waals surface area contributed by atoms with Gasteiger partial charge in [0.25, 0.3) is 0 Å². The number of halogens is 3. The van der Waals surface area contributed by atoms with Crippen molar-refractivity contribution in [3.8, 4) is 0 Å². The van der Waals surface area contributed by atoms with Crippen LogP contribution in [0.15, 0.2) is 42.0 Å². The second-order valence-corrected chi connectivity index (χ2v) is 6.13. The lowest BCUT2D eigenvalue weighted by molar-refractivity contribution is -0.137. The second-order valence-electron chi connectivity index (χ2n) is 6.13. The molecule has 0 fully saturated rings. The van der Waals surface area contributed by atoms with Gasteiger partial charge in [0.1, 0.15) is 0 Å². The molecule has 0 N–H and O–H groups in total. The van der Waals surface area contributed by atoms with Crippen LogP contribution in [-0.4, -0.2) is 0 Å². The molecule has 0 nitrogen and oxygen atoms in total. The molecule has 0 amide bonds. The molecule has 0 unspecified atom stereocenters. The molecule has 1 aromatic carbocycles. The van der Waals surface area contributed by atoms with E-state index < -0.39 is 11.7 Å². The Hall–Kier alpha value is -1.51. The van der Waals surface area contributed by atoms with Gasteiger partial charge < -0.3 is 0 Å². The van der Waals surface area contributed by atoms with Crippen LogP contribution in [0.1, 0.15) is 58.1 Å². The summed E-state index contributed by atoms with van der Waals surface area (Å²) in [6, 6.07) is 5.59. The fourth-order valence-corrected chi connectivity index (χ4v) is 2.44. The molecule has 0 aliphatic heterocycles. The Kier molecular flexibility index (Phi) is 6.92. The normalized spacial score (nSPS) is 13.8. The number of rotatable bonds is 6. The number of hydrogen-bond acceptors (Lipinski definition) is 0. The van der Waals surface area contributed by atoms with Gasteiger partial charge in [-0.15, -0.1) is 0 Å². The Morgan fingerprint density at radius 3 is 2.41 bits per heavy atom.